The highest BCUT2D eigenvalue weighted by Crippen LogP contribution is 1.98. The molecule has 2 atom stereocenters. The second-order valence-corrected chi connectivity index (χ2v) is 4.24. The van der Waals surface area contributed by atoms with Gasteiger partial charge in [-0.2, -0.15) is 0 Å². The smallest absolute Gasteiger partial charge is 0.145 e. The van der Waals surface area contributed by atoms with Crippen molar-refractivity contribution >= 4 is 0 Å². The molecule has 0 amide bonds. The van der Waals surface area contributed by atoms with Gasteiger partial charge in [-0.05, 0) is 6.92 Å². The van der Waals surface area contributed by atoms with Crippen molar-refractivity contribution in [2.75, 3.05) is 66.1 Å². The van der Waals surface area contributed by atoms with Crippen LogP contribution in [0.5, 0.6) is 0 Å². The molecule has 9 nitrogen and oxygen atoms in total. The lowest BCUT2D eigenvalue weighted by molar-refractivity contribution is -0.0927. The summed E-state index contributed by atoms with van der Waals surface area (Å²) in [6, 6.07) is 0. The number of nitrogens with two attached hydrogens (primary N) is 1. The fourth-order valence-electron chi connectivity index (χ4n) is 1.48. The molecular formula is C13H30N2O7. The standard InChI is InChI=1S/C13H30N2O7/c1-2-22-12(13(17)15-14)11-21-10-9-20-8-7-19-6-5-18-4-3-16/h12-13,15-17H,2-11,14H2,1H3. The zero-order chi connectivity index (χ0) is 16.5. The normalized spacial score (nSPS) is 14.2. The van der Waals surface area contributed by atoms with Crippen molar-refractivity contribution < 1.29 is 33.9 Å². The molecule has 0 rings (SSSR count). The van der Waals surface area contributed by atoms with Gasteiger partial charge in [-0.25, -0.2) is 5.43 Å². The number of ether oxygens (including phenoxy) is 5. The minimum absolute atomic E-state index is 0.0195. The first kappa shape index (κ1) is 21.6. The third-order valence-corrected chi connectivity index (χ3v) is 2.54. The Kier molecular flexibility index (Phi) is 16.7. The van der Waals surface area contributed by atoms with Gasteiger partial charge in [0.05, 0.1) is 59.5 Å². The zero-order valence-electron chi connectivity index (χ0n) is 13.2. The Morgan fingerprint density at radius 2 is 1.41 bits per heavy atom. The van der Waals surface area contributed by atoms with E-state index in [4.69, 9.17) is 34.6 Å². The van der Waals surface area contributed by atoms with Crippen LogP contribution < -0.4 is 11.3 Å². The molecule has 5 N–H and O–H groups in total. The quantitative estimate of drug-likeness (QED) is 0.106. The fraction of sp³-hybridized carbons (Fsp3) is 1.00. The number of rotatable bonds is 17. The summed E-state index contributed by atoms with van der Waals surface area (Å²) in [4.78, 5) is 0. The summed E-state index contributed by atoms with van der Waals surface area (Å²) in [5.41, 5.74) is 2.22. The average Bonchev–Trinajstić information content (AvgIpc) is 2.54. The molecule has 0 saturated heterocycles. The Morgan fingerprint density at radius 3 is 1.86 bits per heavy atom. The van der Waals surface area contributed by atoms with Crippen molar-refractivity contribution in [2.24, 2.45) is 5.84 Å². The average molecular weight is 326 g/mol. The van der Waals surface area contributed by atoms with Gasteiger partial charge in [-0.1, -0.05) is 0 Å². The molecular weight excluding hydrogens is 296 g/mol. The number of aliphatic hydroxyl groups is 2. The van der Waals surface area contributed by atoms with Gasteiger partial charge in [-0.15, -0.1) is 0 Å². The Labute approximate surface area is 131 Å². The number of nitrogens with one attached hydrogen (secondary N) is 1. The van der Waals surface area contributed by atoms with Gasteiger partial charge in [0.2, 0.25) is 0 Å². The Hall–Kier alpha value is -0.360. The summed E-state index contributed by atoms with van der Waals surface area (Å²) in [5.74, 6) is 5.14. The van der Waals surface area contributed by atoms with E-state index in [-0.39, 0.29) is 13.2 Å². The van der Waals surface area contributed by atoms with Gasteiger partial charge < -0.3 is 33.9 Å². The third kappa shape index (κ3) is 13.3. The molecule has 0 heterocycles. The van der Waals surface area contributed by atoms with Crippen LogP contribution in [-0.4, -0.2) is 88.6 Å². The SMILES string of the molecule is CCOC(COCCOCCOCCOCCO)C(O)NN. The molecule has 0 saturated carbocycles. The number of hydrogen-bond acceptors (Lipinski definition) is 9. The van der Waals surface area contributed by atoms with E-state index in [1.54, 1.807) is 0 Å². The molecule has 0 bridgehead atoms. The maximum absolute atomic E-state index is 9.51. The largest absolute Gasteiger partial charge is 0.394 e. The summed E-state index contributed by atoms with van der Waals surface area (Å²) < 4.78 is 26.2. The van der Waals surface area contributed by atoms with Crippen LogP contribution in [0.3, 0.4) is 0 Å². The van der Waals surface area contributed by atoms with Crippen molar-refractivity contribution in [1.82, 2.24) is 5.43 Å². The van der Waals surface area contributed by atoms with E-state index in [2.05, 4.69) is 5.43 Å². The zero-order valence-corrected chi connectivity index (χ0v) is 13.2. The molecule has 0 aliphatic rings. The van der Waals surface area contributed by atoms with Crippen molar-refractivity contribution in [1.29, 1.82) is 0 Å². The highest BCUT2D eigenvalue weighted by atomic mass is 16.6. The molecule has 0 radical (unpaired) electrons. The number of hydrazine groups is 1. The second kappa shape index (κ2) is 17.0. The third-order valence-electron chi connectivity index (χ3n) is 2.54. The first-order chi connectivity index (χ1) is 10.8. The molecule has 0 aromatic carbocycles. The highest BCUT2D eigenvalue weighted by Gasteiger charge is 2.17. The van der Waals surface area contributed by atoms with Crippen LogP contribution in [0.25, 0.3) is 0 Å². The van der Waals surface area contributed by atoms with Gasteiger partial charge >= 0.3 is 0 Å². The van der Waals surface area contributed by atoms with E-state index < -0.39 is 12.3 Å². The van der Waals surface area contributed by atoms with Crippen molar-refractivity contribution in [3.63, 3.8) is 0 Å². The molecule has 0 aliphatic carbocycles. The van der Waals surface area contributed by atoms with Crippen molar-refractivity contribution in [3.05, 3.63) is 0 Å². The van der Waals surface area contributed by atoms with Gasteiger partial charge in [0, 0.05) is 6.61 Å². The summed E-state index contributed by atoms with van der Waals surface area (Å²) in [6.07, 6.45) is -1.49. The molecule has 9 heteroatoms. The predicted octanol–water partition coefficient (Wildman–Crippen LogP) is -1.77. The van der Waals surface area contributed by atoms with E-state index >= 15 is 0 Å². The minimum atomic E-state index is -0.970. The van der Waals surface area contributed by atoms with E-state index in [0.29, 0.717) is 52.9 Å². The minimum Gasteiger partial charge on any atom is -0.394 e. The lowest BCUT2D eigenvalue weighted by Crippen LogP contribution is -2.47. The van der Waals surface area contributed by atoms with Gasteiger partial charge in [-0.3, -0.25) is 5.84 Å². The first-order valence-corrected chi connectivity index (χ1v) is 7.43. The van der Waals surface area contributed by atoms with Crippen LogP contribution in [0.15, 0.2) is 0 Å². The maximum Gasteiger partial charge on any atom is 0.145 e. The maximum atomic E-state index is 9.51. The fourth-order valence-corrected chi connectivity index (χ4v) is 1.48. The van der Waals surface area contributed by atoms with Crippen LogP contribution in [0.4, 0.5) is 0 Å². The summed E-state index contributed by atoms with van der Waals surface area (Å²) in [7, 11) is 0. The molecule has 134 valence electrons. The van der Waals surface area contributed by atoms with E-state index in [9.17, 15) is 5.11 Å². The Morgan fingerprint density at radius 1 is 0.909 bits per heavy atom. The summed E-state index contributed by atoms with van der Waals surface area (Å²) in [6.45, 7) is 5.54. The first-order valence-electron chi connectivity index (χ1n) is 7.43. The number of hydrogen-bond donors (Lipinski definition) is 4. The van der Waals surface area contributed by atoms with E-state index in [1.807, 2.05) is 6.92 Å². The van der Waals surface area contributed by atoms with Crippen LogP contribution in [0.1, 0.15) is 6.92 Å². The predicted molar refractivity (Wildman–Crippen MR) is 79.1 cm³/mol. The molecule has 2 unspecified atom stereocenters. The van der Waals surface area contributed by atoms with Crippen LogP contribution >= 0.6 is 0 Å². The monoisotopic (exact) mass is 326 g/mol. The topological polar surface area (TPSA) is 125 Å². The second-order valence-electron chi connectivity index (χ2n) is 4.24. The van der Waals surface area contributed by atoms with Crippen LogP contribution in [-0.2, 0) is 23.7 Å². The lowest BCUT2D eigenvalue weighted by Gasteiger charge is -2.21. The van der Waals surface area contributed by atoms with E-state index in [0.717, 1.165) is 0 Å². The molecule has 0 spiro atoms. The van der Waals surface area contributed by atoms with Gasteiger partial charge in [0.25, 0.3) is 0 Å². The van der Waals surface area contributed by atoms with Gasteiger partial charge in [0.15, 0.2) is 0 Å². The van der Waals surface area contributed by atoms with Crippen molar-refractivity contribution in [2.45, 2.75) is 19.3 Å². The lowest BCUT2D eigenvalue weighted by atomic mass is 10.3. The van der Waals surface area contributed by atoms with Crippen molar-refractivity contribution in [3.8, 4) is 0 Å². The van der Waals surface area contributed by atoms with Crippen LogP contribution in [0.2, 0.25) is 0 Å². The van der Waals surface area contributed by atoms with E-state index in [1.165, 1.54) is 0 Å². The van der Waals surface area contributed by atoms with Crippen LogP contribution in [0, 0.1) is 0 Å². The molecule has 22 heavy (non-hydrogen) atoms. The summed E-state index contributed by atoms with van der Waals surface area (Å²) >= 11 is 0. The molecule has 0 aromatic rings. The molecule has 0 aromatic heterocycles. The number of aliphatic hydroxyl groups excluding tert-OH is 2. The van der Waals surface area contributed by atoms with Gasteiger partial charge in [0.1, 0.15) is 12.3 Å². The Bertz CT molecular complexity index is 225. The molecule has 0 aliphatic heterocycles. The summed E-state index contributed by atoms with van der Waals surface area (Å²) in [5, 5.41) is 18.0. The molecule has 0 fully saturated rings. The highest BCUT2D eigenvalue weighted by molar-refractivity contribution is 4.63. The Balaban J connectivity index is 3.31.